The zero-order valence-corrected chi connectivity index (χ0v) is 15.5. The molecule has 2 aromatic rings. The van der Waals surface area contributed by atoms with Gasteiger partial charge in [0.25, 0.3) is 0 Å². The summed E-state index contributed by atoms with van der Waals surface area (Å²) >= 11 is 0. The van der Waals surface area contributed by atoms with Gasteiger partial charge in [-0.25, -0.2) is 21.9 Å². The van der Waals surface area contributed by atoms with Gasteiger partial charge in [0.15, 0.2) is 5.82 Å². The molecule has 1 aromatic carbocycles. The van der Waals surface area contributed by atoms with Crippen LogP contribution in [0.1, 0.15) is 18.4 Å². The van der Waals surface area contributed by atoms with E-state index in [4.69, 9.17) is 0 Å². The summed E-state index contributed by atoms with van der Waals surface area (Å²) in [4.78, 5) is 2.22. The molecule has 1 fully saturated rings. The number of nitrogens with one attached hydrogen (secondary N) is 2. The molecular formula is C17H21F2N5O2S. The van der Waals surface area contributed by atoms with Crippen molar-refractivity contribution in [3.63, 3.8) is 0 Å². The van der Waals surface area contributed by atoms with Crippen LogP contribution in [0.5, 0.6) is 0 Å². The molecule has 0 radical (unpaired) electrons. The Morgan fingerprint density at radius 2 is 1.74 bits per heavy atom. The summed E-state index contributed by atoms with van der Waals surface area (Å²) in [7, 11) is -3.71. The van der Waals surface area contributed by atoms with Gasteiger partial charge in [0.1, 0.15) is 11.6 Å². The molecule has 3 rings (SSSR count). The number of nitrogens with zero attached hydrogens (tertiary/aromatic N) is 3. The minimum absolute atomic E-state index is 0.0529. The van der Waals surface area contributed by atoms with E-state index in [1.807, 2.05) is 6.07 Å². The van der Waals surface area contributed by atoms with E-state index >= 15 is 0 Å². The van der Waals surface area contributed by atoms with E-state index in [9.17, 15) is 17.2 Å². The van der Waals surface area contributed by atoms with Crippen LogP contribution < -0.4 is 14.9 Å². The van der Waals surface area contributed by atoms with Crippen LogP contribution in [0, 0.1) is 11.6 Å². The van der Waals surface area contributed by atoms with Crippen molar-refractivity contribution in [2.75, 3.05) is 36.4 Å². The predicted molar refractivity (Wildman–Crippen MR) is 99.0 cm³/mol. The molecule has 0 bridgehead atoms. The Morgan fingerprint density at radius 1 is 1.04 bits per heavy atom. The molecule has 0 saturated carbocycles. The van der Waals surface area contributed by atoms with Crippen LogP contribution in [-0.2, 0) is 15.8 Å². The largest absolute Gasteiger partial charge is 0.370 e. The van der Waals surface area contributed by atoms with Gasteiger partial charge in [0.05, 0.1) is 17.6 Å². The molecular weight excluding hydrogens is 376 g/mol. The highest BCUT2D eigenvalue weighted by molar-refractivity contribution is 7.88. The van der Waals surface area contributed by atoms with Crippen molar-refractivity contribution in [3.8, 4) is 0 Å². The van der Waals surface area contributed by atoms with Gasteiger partial charge in [-0.05, 0) is 30.5 Å². The Hall–Kier alpha value is -2.33. The summed E-state index contributed by atoms with van der Waals surface area (Å²) in [5.74, 6) is -1.55. The van der Waals surface area contributed by atoms with Gasteiger partial charge >= 0.3 is 0 Å². The number of sulfonamides is 1. The topological polar surface area (TPSA) is 87.2 Å². The third kappa shape index (κ3) is 5.83. The fraction of sp³-hybridized carbons (Fsp3) is 0.412. The monoisotopic (exact) mass is 397 g/mol. The normalized spacial score (nSPS) is 14.5. The average molecular weight is 397 g/mol. The summed E-state index contributed by atoms with van der Waals surface area (Å²) in [6.45, 7) is 2.39. The number of halogens is 2. The molecule has 1 aliphatic rings. The van der Waals surface area contributed by atoms with Crippen LogP contribution in [0.4, 0.5) is 20.3 Å². The maximum absolute atomic E-state index is 13.2. The minimum atomic E-state index is -3.71. The fourth-order valence-electron chi connectivity index (χ4n) is 2.95. The second kappa shape index (κ2) is 8.57. The van der Waals surface area contributed by atoms with Crippen molar-refractivity contribution in [1.82, 2.24) is 14.9 Å². The molecule has 1 aliphatic heterocycles. The van der Waals surface area contributed by atoms with E-state index in [0.717, 1.165) is 43.8 Å². The predicted octanol–water partition coefficient (Wildman–Crippen LogP) is 1.89. The Morgan fingerprint density at radius 3 is 2.44 bits per heavy atom. The van der Waals surface area contributed by atoms with Gasteiger partial charge in [-0.1, -0.05) is 0 Å². The number of aromatic nitrogens is 2. The Kier molecular flexibility index (Phi) is 6.17. The van der Waals surface area contributed by atoms with Gasteiger partial charge in [0.2, 0.25) is 10.0 Å². The number of hydrogen-bond donors (Lipinski definition) is 2. The smallest absolute Gasteiger partial charge is 0.215 e. The third-order valence-electron chi connectivity index (χ3n) is 4.14. The van der Waals surface area contributed by atoms with Crippen molar-refractivity contribution in [1.29, 1.82) is 0 Å². The van der Waals surface area contributed by atoms with Gasteiger partial charge in [-0.2, -0.15) is 5.10 Å². The number of hydrogen-bond acceptors (Lipinski definition) is 6. The maximum Gasteiger partial charge on any atom is 0.215 e. The van der Waals surface area contributed by atoms with Crippen molar-refractivity contribution in [3.05, 3.63) is 47.7 Å². The standard InChI is InChI=1S/C17H21F2N5O2S/c18-14-7-13(8-15(19)9-14)12-27(25,26)22-4-3-20-17-10-16(11-21-23-17)24-5-1-2-6-24/h7-11,22H,1-6,12H2,(H,20,23). The van der Waals surface area contributed by atoms with Crippen LogP contribution in [0.25, 0.3) is 0 Å². The van der Waals surface area contributed by atoms with Crippen molar-refractivity contribution in [2.24, 2.45) is 0 Å². The molecule has 1 aromatic heterocycles. The van der Waals surface area contributed by atoms with Crippen LogP contribution in [0.2, 0.25) is 0 Å². The lowest BCUT2D eigenvalue weighted by molar-refractivity contribution is 0.575. The molecule has 2 heterocycles. The Labute approximate surface area is 156 Å². The molecule has 0 aliphatic carbocycles. The van der Waals surface area contributed by atoms with Crippen molar-refractivity contribution in [2.45, 2.75) is 18.6 Å². The Balaban J connectivity index is 1.48. The molecule has 1 saturated heterocycles. The van der Waals surface area contributed by atoms with Gasteiger partial charge in [-0.15, -0.1) is 5.10 Å². The van der Waals surface area contributed by atoms with E-state index in [2.05, 4.69) is 25.1 Å². The molecule has 0 atom stereocenters. The van der Waals surface area contributed by atoms with E-state index in [0.29, 0.717) is 18.4 Å². The van der Waals surface area contributed by atoms with Crippen LogP contribution in [-0.4, -0.2) is 44.8 Å². The highest BCUT2D eigenvalue weighted by Crippen LogP contribution is 2.20. The first-order chi connectivity index (χ1) is 12.9. The molecule has 0 amide bonds. The summed E-state index contributed by atoms with van der Waals surface area (Å²) in [6.07, 6.45) is 4.02. The first-order valence-corrected chi connectivity index (χ1v) is 10.3. The molecule has 2 N–H and O–H groups in total. The van der Waals surface area contributed by atoms with E-state index in [-0.39, 0.29) is 12.1 Å². The van der Waals surface area contributed by atoms with Crippen LogP contribution in [0.15, 0.2) is 30.5 Å². The summed E-state index contributed by atoms with van der Waals surface area (Å²) in [5.41, 5.74) is 1.04. The highest BCUT2D eigenvalue weighted by atomic mass is 32.2. The first-order valence-electron chi connectivity index (χ1n) is 8.65. The van der Waals surface area contributed by atoms with Gasteiger partial charge in [0, 0.05) is 38.3 Å². The van der Waals surface area contributed by atoms with Gasteiger partial charge in [-0.3, -0.25) is 0 Å². The van der Waals surface area contributed by atoms with Crippen LogP contribution >= 0.6 is 0 Å². The third-order valence-corrected chi connectivity index (χ3v) is 5.50. The molecule has 10 heteroatoms. The van der Waals surface area contributed by atoms with Gasteiger partial charge < -0.3 is 10.2 Å². The van der Waals surface area contributed by atoms with E-state index in [1.165, 1.54) is 0 Å². The average Bonchev–Trinajstić information content (AvgIpc) is 3.12. The highest BCUT2D eigenvalue weighted by Gasteiger charge is 2.14. The molecule has 0 unspecified atom stereocenters. The van der Waals surface area contributed by atoms with E-state index in [1.54, 1.807) is 6.20 Å². The fourth-order valence-corrected chi connectivity index (χ4v) is 4.07. The zero-order chi connectivity index (χ0) is 19.3. The second-order valence-electron chi connectivity index (χ2n) is 6.35. The first kappa shape index (κ1) is 19.4. The summed E-state index contributed by atoms with van der Waals surface area (Å²) < 4.78 is 52.8. The summed E-state index contributed by atoms with van der Waals surface area (Å²) in [6, 6.07) is 4.58. The lowest BCUT2D eigenvalue weighted by Gasteiger charge is -2.17. The SMILES string of the molecule is O=S(=O)(Cc1cc(F)cc(F)c1)NCCNc1cc(N2CCCC2)cnn1. The minimum Gasteiger partial charge on any atom is -0.370 e. The maximum atomic E-state index is 13.2. The van der Waals surface area contributed by atoms with Crippen molar-refractivity contribution >= 4 is 21.5 Å². The Bertz CT molecular complexity index is 868. The quantitative estimate of drug-likeness (QED) is 0.662. The lowest BCUT2D eigenvalue weighted by Crippen LogP contribution is -2.30. The number of rotatable bonds is 8. The van der Waals surface area contributed by atoms with E-state index < -0.39 is 27.4 Å². The molecule has 7 nitrogen and oxygen atoms in total. The summed E-state index contributed by atoms with van der Waals surface area (Å²) in [5, 5.41) is 11.0. The number of anilines is 2. The second-order valence-corrected chi connectivity index (χ2v) is 8.16. The van der Waals surface area contributed by atoms with Crippen molar-refractivity contribution < 1.29 is 17.2 Å². The number of benzene rings is 1. The molecule has 146 valence electrons. The molecule has 27 heavy (non-hydrogen) atoms. The molecule has 0 spiro atoms. The zero-order valence-electron chi connectivity index (χ0n) is 14.7. The lowest BCUT2D eigenvalue weighted by atomic mass is 10.2. The van der Waals surface area contributed by atoms with Crippen LogP contribution in [0.3, 0.4) is 0 Å².